The van der Waals surface area contributed by atoms with Crippen molar-refractivity contribution in [1.29, 1.82) is 0 Å². The lowest BCUT2D eigenvalue weighted by Crippen LogP contribution is -2.52. The minimum atomic E-state index is -1.85. The van der Waals surface area contributed by atoms with Gasteiger partial charge in [-0.3, -0.25) is 4.79 Å². The van der Waals surface area contributed by atoms with Crippen molar-refractivity contribution in [1.82, 2.24) is 5.32 Å². The van der Waals surface area contributed by atoms with E-state index in [0.717, 1.165) is 24.8 Å². The maximum Gasteiger partial charge on any atom is 0.251 e. The minimum absolute atomic E-state index is 0.0533. The number of hydrogen-bond acceptors (Lipinski definition) is 3. The van der Waals surface area contributed by atoms with E-state index < -0.39 is 8.32 Å². The number of nitrogens with one attached hydrogen (secondary N) is 1. The first-order chi connectivity index (χ1) is 11.5. The average Bonchev–Trinajstić information content (AvgIpc) is 2.50. The minimum Gasteiger partial charge on any atom is -0.412 e. The number of carbonyl (C=O) groups excluding carboxylic acids is 1. The van der Waals surface area contributed by atoms with Gasteiger partial charge in [0, 0.05) is 11.3 Å². The summed E-state index contributed by atoms with van der Waals surface area (Å²) in [6.45, 7) is 13.3. The number of aryl methyl sites for hydroxylation is 1. The Kier molecular flexibility index (Phi) is 6.00. The van der Waals surface area contributed by atoms with Crippen molar-refractivity contribution in [2.75, 3.05) is 5.73 Å². The summed E-state index contributed by atoms with van der Waals surface area (Å²) in [6.07, 6.45) is 4.42. The third-order valence-corrected chi connectivity index (χ3v) is 10.3. The van der Waals surface area contributed by atoms with Crippen LogP contribution in [0.5, 0.6) is 0 Å². The van der Waals surface area contributed by atoms with Gasteiger partial charge in [0.05, 0.1) is 12.1 Å². The predicted octanol–water partition coefficient (Wildman–Crippen LogP) is 4.64. The number of hydrogen-bond donors (Lipinski definition) is 2. The van der Waals surface area contributed by atoms with Gasteiger partial charge in [-0.05, 0) is 55.6 Å². The van der Waals surface area contributed by atoms with Crippen LogP contribution in [-0.2, 0) is 4.43 Å². The molecule has 1 amide bonds. The largest absolute Gasteiger partial charge is 0.412 e. The number of rotatable bonds is 4. The summed E-state index contributed by atoms with van der Waals surface area (Å²) in [7, 11) is -1.85. The number of benzene rings is 1. The molecule has 0 aliphatic heterocycles. The third kappa shape index (κ3) is 4.85. The van der Waals surface area contributed by atoms with Crippen LogP contribution in [0.3, 0.4) is 0 Å². The first-order valence-electron chi connectivity index (χ1n) is 9.36. The zero-order valence-corrected chi connectivity index (χ0v) is 17.6. The number of nitrogen functional groups attached to an aromatic ring is 1. The molecule has 140 valence electrons. The molecular weight excluding hydrogens is 328 g/mol. The molecular formula is C20H34N2O2Si. The molecule has 1 aromatic rings. The molecule has 1 aliphatic rings. The molecule has 0 aromatic heterocycles. The molecule has 1 aromatic carbocycles. The monoisotopic (exact) mass is 362 g/mol. The second kappa shape index (κ2) is 7.50. The number of nitrogens with two attached hydrogens (primary N) is 1. The standard InChI is InChI=1S/C20H34N2O2Si/c1-14-11-12-15(13-16(14)21)19(23)22-17-9-7-8-10-18(17)24-25(5,6)20(2,3)4/h11-13,17-18H,7-10,21H2,1-6H3,(H,22,23)/t17-,18-/m0/s1. The van der Waals surface area contributed by atoms with Crippen LogP contribution in [0.4, 0.5) is 5.69 Å². The molecule has 5 heteroatoms. The Morgan fingerprint density at radius 3 is 2.48 bits per heavy atom. The molecule has 2 rings (SSSR count). The second-order valence-corrected chi connectivity index (χ2v) is 13.6. The van der Waals surface area contributed by atoms with Gasteiger partial charge in [-0.15, -0.1) is 0 Å². The van der Waals surface area contributed by atoms with Crippen molar-refractivity contribution >= 4 is 19.9 Å². The maximum atomic E-state index is 12.7. The van der Waals surface area contributed by atoms with Crippen LogP contribution in [0.25, 0.3) is 0 Å². The van der Waals surface area contributed by atoms with E-state index in [-0.39, 0.29) is 23.1 Å². The van der Waals surface area contributed by atoms with Crippen LogP contribution < -0.4 is 11.1 Å². The van der Waals surface area contributed by atoms with E-state index in [1.165, 1.54) is 6.42 Å². The second-order valence-electron chi connectivity index (χ2n) is 8.85. The molecule has 0 bridgehead atoms. The number of anilines is 1. The van der Waals surface area contributed by atoms with Crippen LogP contribution in [0.2, 0.25) is 18.1 Å². The zero-order chi connectivity index (χ0) is 18.8. The fourth-order valence-corrected chi connectivity index (χ4v) is 4.38. The van der Waals surface area contributed by atoms with Crippen molar-refractivity contribution in [3.63, 3.8) is 0 Å². The smallest absolute Gasteiger partial charge is 0.251 e. The van der Waals surface area contributed by atoms with Crippen molar-refractivity contribution < 1.29 is 9.22 Å². The van der Waals surface area contributed by atoms with E-state index >= 15 is 0 Å². The summed E-state index contributed by atoms with van der Waals surface area (Å²) >= 11 is 0. The van der Waals surface area contributed by atoms with E-state index in [4.69, 9.17) is 10.2 Å². The Morgan fingerprint density at radius 1 is 1.24 bits per heavy atom. The van der Waals surface area contributed by atoms with Gasteiger partial charge in [0.2, 0.25) is 0 Å². The molecule has 0 spiro atoms. The van der Waals surface area contributed by atoms with Gasteiger partial charge in [-0.1, -0.05) is 39.7 Å². The highest BCUT2D eigenvalue weighted by molar-refractivity contribution is 6.74. The number of amides is 1. The van der Waals surface area contributed by atoms with Crippen LogP contribution in [0.1, 0.15) is 62.4 Å². The Hall–Kier alpha value is -1.33. The lowest BCUT2D eigenvalue weighted by Gasteiger charge is -2.43. The third-order valence-electron chi connectivity index (χ3n) is 5.81. The summed E-state index contributed by atoms with van der Waals surface area (Å²) < 4.78 is 6.63. The summed E-state index contributed by atoms with van der Waals surface area (Å²) in [5.74, 6) is -0.0533. The first kappa shape index (κ1) is 20.0. The lowest BCUT2D eigenvalue weighted by molar-refractivity contribution is 0.0756. The van der Waals surface area contributed by atoms with Gasteiger partial charge in [-0.25, -0.2) is 0 Å². The summed E-state index contributed by atoms with van der Waals surface area (Å²) in [5.41, 5.74) is 8.23. The molecule has 0 saturated heterocycles. The molecule has 4 nitrogen and oxygen atoms in total. The molecule has 25 heavy (non-hydrogen) atoms. The van der Waals surface area contributed by atoms with Gasteiger partial charge < -0.3 is 15.5 Å². The highest BCUT2D eigenvalue weighted by atomic mass is 28.4. The highest BCUT2D eigenvalue weighted by Gasteiger charge is 2.41. The normalized spacial score (nSPS) is 21.8. The summed E-state index contributed by atoms with van der Waals surface area (Å²) in [5, 5.41) is 3.38. The Labute approximate surface area is 153 Å². The van der Waals surface area contributed by atoms with Gasteiger partial charge in [0.25, 0.3) is 5.91 Å². The quantitative estimate of drug-likeness (QED) is 0.606. The predicted molar refractivity (Wildman–Crippen MR) is 107 cm³/mol. The summed E-state index contributed by atoms with van der Waals surface area (Å²) in [4.78, 5) is 12.7. The molecule has 3 N–H and O–H groups in total. The zero-order valence-electron chi connectivity index (χ0n) is 16.6. The molecule has 1 fully saturated rings. The van der Waals surface area contributed by atoms with Crippen molar-refractivity contribution in [3.05, 3.63) is 29.3 Å². The molecule has 0 radical (unpaired) electrons. The van der Waals surface area contributed by atoms with E-state index in [2.05, 4.69) is 39.2 Å². The van der Waals surface area contributed by atoms with Gasteiger partial charge in [-0.2, -0.15) is 0 Å². The fourth-order valence-electron chi connectivity index (χ4n) is 2.99. The van der Waals surface area contributed by atoms with E-state index in [9.17, 15) is 4.79 Å². The molecule has 1 aliphatic carbocycles. The maximum absolute atomic E-state index is 12.7. The van der Waals surface area contributed by atoms with Crippen LogP contribution in [0, 0.1) is 6.92 Å². The van der Waals surface area contributed by atoms with Crippen molar-refractivity contribution in [2.24, 2.45) is 0 Å². The van der Waals surface area contributed by atoms with Crippen molar-refractivity contribution in [3.8, 4) is 0 Å². The van der Waals surface area contributed by atoms with Gasteiger partial charge in [0.1, 0.15) is 0 Å². The first-order valence-corrected chi connectivity index (χ1v) is 12.3. The SMILES string of the molecule is Cc1ccc(C(=O)N[C@H]2CCCC[C@@H]2O[Si](C)(C)C(C)(C)C)cc1N. The molecule has 0 unspecified atom stereocenters. The van der Waals surface area contributed by atoms with E-state index in [0.29, 0.717) is 11.3 Å². The Bertz CT molecular complexity index is 623. The van der Waals surface area contributed by atoms with E-state index in [1.807, 2.05) is 19.1 Å². The molecule has 2 atom stereocenters. The highest BCUT2D eigenvalue weighted by Crippen LogP contribution is 2.39. The van der Waals surface area contributed by atoms with Crippen LogP contribution >= 0.6 is 0 Å². The average molecular weight is 363 g/mol. The molecule has 1 saturated carbocycles. The van der Waals surface area contributed by atoms with Crippen LogP contribution in [-0.4, -0.2) is 26.4 Å². The number of carbonyl (C=O) groups is 1. The van der Waals surface area contributed by atoms with Crippen molar-refractivity contribution in [2.45, 2.75) is 83.7 Å². The van der Waals surface area contributed by atoms with Gasteiger partial charge in [0.15, 0.2) is 8.32 Å². The summed E-state index contributed by atoms with van der Waals surface area (Å²) in [6, 6.07) is 5.58. The van der Waals surface area contributed by atoms with Crippen LogP contribution in [0.15, 0.2) is 18.2 Å². The lowest BCUT2D eigenvalue weighted by atomic mass is 9.92. The fraction of sp³-hybridized carbons (Fsp3) is 0.650. The Balaban J connectivity index is 2.10. The topological polar surface area (TPSA) is 64.3 Å². The van der Waals surface area contributed by atoms with Gasteiger partial charge >= 0.3 is 0 Å². The van der Waals surface area contributed by atoms with E-state index in [1.54, 1.807) is 6.07 Å². The molecule has 0 heterocycles. The Morgan fingerprint density at radius 2 is 1.88 bits per heavy atom.